The van der Waals surface area contributed by atoms with Gasteiger partial charge in [0.15, 0.2) is 0 Å². The van der Waals surface area contributed by atoms with Crippen LogP contribution in [0.4, 0.5) is 4.39 Å². The van der Waals surface area contributed by atoms with Crippen LogP contribution >= 0.6 is 0 Å². The number of aromatic nitrogens is 2. The van der Waals surface area contributed by atoms with E-state index in [4.69, 9.17) is 5.73 Å². The Morgan fingerprint density at radius 3 is 2.78 bits per heavy atom. The largest absolute Gasteiger partial charge is 0.350 e. The number of nitrogens with one attached hydrogen (secondary N) is 1. The molecule has 3 N–H and O–H groups in total. The Morgan fingerprint density at radius 1 is 1.48 bits per heavy atom. The lowest BCUT2D eigenvalue weighted by Crippen LogP contribution is -2.51. The van der Waals surface area contributed by atoms with Crippen molar-refractivity contribution < 1.29 is 9.18 Å². The Bertz CT molecular complexity index is 694. The quantitative estimate of drug-likeness (QED) is 0.859. The predicted molar refractivity (Wildman–Crippen MR) is 87.6 cm³/mol. The summed E-state index contributed by atoms with van der Waals surface area (Å²) in [5.74, 6) is 0.125. The van der Waals surface area contributed by atoms with E-state index >= 15 is 0 Å². The summed E-state index contributed by atoms with van der Waals surface area (Å²) in [6.45, 7) is 5.74. The molecule has 0 fully saturated rings. The van der Waals surface area contributed by atoms with E-state index in [0.717, 1.165) is 6.42 Å². The maximum absolute atomic E-state index is 14.3. The van der Waals surface area contributed by atoms with Crippen LogP contribution in [-0.2, 0) is 11.3 Å². The maximum Gasteiger partial charge on any atom is 0.240 e. The number of nitrogens with zero attached hydrogens (tertiary/aromatic N) is 2. The first-order valence-corrected chi connectivity index (χ1v) is 7.71. The summed E-state index contributed by atoms with van der Waals surface area (Å²) < 4.78 is 16.0. The SMILES string of the molecule is CCCC(C)(N)C(=O)NCc1ccc(-n2ccnc2C)c(F)c1. The molecule has 0 aliphatic rings. The number of nitrogens with two attached hydrogens (primary N) is 1. The molecule has 2 rings (SSSR count). The van der Waals surface area contributed by atoms with Gasteiger partial charge in [0.05, 0.1) is 11.2 Å². The predicted octanol–water partition coefficient (Wildman–Crippen LogP) is 2.45. The standard InChI is InChI=1S/C17H23FN4O/c1-4-7-17(3,19)16(23)21-11-13-5-6-15(14(18)10-13)22-9-8-20-12(22)2/h5-6,8-10H,4,7,11,19H2,1-3H3,(H,21,23). The second-order valence-electron chi connectivity index (χ2n) is 5.98. The van der Waals surface area contributed by atoms with Gasteiger partial charge in [-0.15, -0.1) is 0 Å². The van der Waals surface area contributed by atoms with Gasteiger partial charge in [0.25, 0.3) is 0 Å². The molecule has 0 saturated carbocycles. The molecule has 0 aliphatic heterocycles. The molecule has 5 nitrogen and oxygen atoms in total. The van der Waals surface area contributed by atoms with Gasteiger partial charge >= 0.3 is 0 Å². The number of halogens is 1. The molecule has 0 radical (unpaired) electrons. The summed E-state index contributed by atoms with van der Waals surface area (Å²) in [6, 6.07) is 4.88. The normalized spacial score (nSPS) is 13.6. The summed E-state index contributed by atoms with van der Waals surface area (Å²) in [5, 5.41) is 2.77. The van der Waals surface area contributed by atoms with Gasteiger partial charge in [-0.3, -0.25) is 4.79 Å². The highest BCUT2D eigenvalue weighted by molar-refractivity contribution is 5.85. The average molecular weight is 318 g/mol. The van der Waals surface area contributed by atoms with E-state index in [1.807, 2.05) is 13.8 Å². The molecule has 1 aromatic heterocycles. The van der Waals surface area contributed by atoms with Crippen molar-refractivity contribution in [2.45, 2.75) is 45.7 Å². The molecule has 0 bridgehead atoms. The third kappa shape index (κ3) is 3.96. The summed E-state index contributed by atoms with van der Waals surface area (Å²) in [7, 11) is 0. The fraction of sp³-hybridized carbons (Fsp3) is 0.412. The van der Waals surface area contributed by atoms with E-state index in [-0.39, 0.29) is 18.3 Å². The van der Waals surface area contributed by atoms with Crippen molar-refractivity contribution in [2.75, 3.05) is 0 Å². The number of carbonyl (C=O) groups is 1. The fourth-order valence-electron chi connectivity index (χ4n) is 2.51. The maximum atomic E-state index is 14.3. The molecular weight excluding hydrogens is 295 g/mol. The van der Waals surface area contributed by atoms with Crippen LogP contribution in [0, 0.1) is 12.7 Å². The molecule has 1 amide bonds. The first-order valence-electron chi connectivity index (χ1n) is 7.71. The van der Waals surface area contributed by atoms with Gasteiger partial charge in [0.1, 0.15) is 11.6 Å². The first kappa shape index (κ1) is 17.1. The third-order valence-electron chi connectivity index (χ3n) is 3.84. The highest BCUT2D eigenvalue weighted by Gasteiger charge is 2.26. The Balaban J connectivity index is 2.07. The zero-order valence-corrected chi connectivity index (χ0v) is 13.8. The van der Waals surface area contributed by atoms with E-state index in [9.17, 15) is 9.18 Å². The van der Waals surface area contributed by atoms with E-state index in [2.05, 4.69) is 10.3 Å². The summed E-state index contributed by atoms with van der Waals surface area (Å²) in [4.78, 5) is 16.2. The van der Waals surface area contributed by atoms with Crippen LogP contribution in [0.15, 0.2) is 30.6 Å². The van der Waals surface area contributed by atoms with E-state index in [1.54, 1.807) is 36.0 Å². The molecule has 1 heterocycles. The Kier molecular flexibility index (Phi) is 5.15. The topological polar surface area (TPSA) is 72.9 Å². The van der Waals surface area contributed by atoms with Crippen molar-refractivity contribution in [3.63, 3.8) is 0 Å². The minimum Gasteiger partial charge on any atom is -0.350 e. The van der Waals surface area contributed by atoms with Gasteiger partial charge in [-0.05, 0) is 38.0 Å². The van der Waals surface area contributed by atoms with Crippen molar-refractivity contribution in [1.82, 2.24) is 14.9 Å². The molecule has 0 spiro atoms. The van der Waals surface area contributed by atoms with Crippen molar-refractivity contribution in [2.24, 2.45) is 5.73 Å². The highest BCUT2D eigenvalue weighted by atomic mass is 19.1. The van der Waals surface area contributed by atoms with E-state index in [1.165, 1.54) is 6.07 Å². The van der Waals surface area contributed by atoms with Crippen molar-refractivity contribution in [3.8, 4) is 5.69 Å². The van der Waals surface area contributed by atoms with Gasteiger partial charge in [0, 0.05) is 18.9 Å². The minimum absolute atomic E-state index is 0.228. The number of hydrogen-bond donors (Lipinski definition) is 2. The second kappa shape index (κ2) is 6.91. The number of aryl methyl sites for hydroxylation is 1. The van der Waals surface area contributed by atoms with Gasteiger partial charge in [-0.1, -0.05) is 19.4 Å². The first-order chi connectivity index (χ1) is 10.8. The fourth-order valence-corrected chi connectivity index (χ4v) is 2.51. The smallest absolute Gasteiger partial charge is 0.240 e. The average Bonchev–Trinajstić information content (AvgIpc) is 2.90. The molecule has 124 valence electrons. The van der Waals surface area contributed by atoms with Gasteiger partial charge in [-0.25, -0.2) is 9.37 Å². The number of imidazole rings is 1. The molecule has 0 saturated heterocycles. The molecule has 6 heteroatoms. The van der Waals surface area contributed by atoms with Gasteiger partial charge < -0.3 is 15.6 Å². The summed E-state index contributed by atoms with van der Waals surface area (Å²) in [6.07, 6.45) is 4.76. The van der Waals surface area contributed by atoms with Crippen molar-refractivity contribution >= 4 is 5.91 Å². The van der Waals surface area contributed by atoms with Crippen molar-refractivity contribution in [1.29, 1.82) is 0 Å². The Hall–Kier alpha value is -2.21. The lowest BCUT2D eigenvalue weighted by Gasteiger charge is -2.22. The van der Waals surface area contributed by atoms with Crippen LogP contribution in [0.5, 0.6) is 0 Å². The number of hydrogen-bond acceptors (Lipinski definition) is 3. The number of benzene rings is 1. The zero-order chi connectivity index (χ0) is 17.0. The molecule has 1 aromatic carbocycles. The van der Waals surface area contributed by atoms with Crippen LogP contribution in [0.3, 0.4) is 0 Å². The van der Waals surface area contributed by atoms with Crippen molar-refractivity contribution in [3.05, 3.63) is 47.8 Å². The Morgan fingerprint density at radius 2 is 2.22 bits per heavy atom. The van der Waals surface area contributed by atoms with Gasteiger partial charge in [0.2, 0.25) is 5.91 Å². The molecule has 0 aliphatic carbocycles. The number of carbonyl (C=O) groups excluding carboxylic acids is 1. The number of amides is 1. The molecular formula is C17H23FN4O. The van der Waals surface area contributed by atoms with Crippen LogP contribution in [0.1, 0.15) is 38.1 Å². The zero-order valence-electron chi connectivity index (χ0n) is 13.8. The van der Waals surface area contributed by atoms with Crippen LogP contribution in [0.2, 0.25) is 0 Å². The number of rotatable bonds is 6. The van der Waals surface area contributed by atoms with Crippen LogP contribution in [0.25, 0.3) is 5.69 Å². The third-order valence-corrected chi connectivity index (χ3v) is 3.84. The lowest BCUT2D eigenvalue weighted by atomic mass is 9.96. The van der Waals surface area contributed by atoms with E-state index in [0.29, 0.717) is 23.5 Å². The molecule has 1 atom stereocenters. The molecule has 1 unspecified atom stereocenters. The summed E-state index contributed by atoms with van der Waals surface area (Å²) in [5.41, 5.74) is 6.19. The van der Waals surface area contributed by atoms with E-state index < -0.39 is 5.54 Å². The Labute approximate surface area is 135 Å². The molecule has 2 aromatic rings. The van der Waals surface area contributed by atoms with Gasteiger partial charge in [-0.2, -0.15) is 0 Å². The lowest BCUT2D eigenvalue weighted by molar-refractivity contribution is -0.126. The van der Waals surface area contributed by atoms with Crippen LogP contribution in [-0.4, -0.2) is 21.0 Å². The monoisotopic (exact) mass is 318 g/mol. The second-order valence-corrected chi connectivity index (χ2v) is 5.98. The molecule has 23 heavy (non-hydrogen) atoms. The highest BCUT2D eigenvalue weighted by Crippen LogP contribution is 2.17. The van der Waals surface area contributed by atoms with Crippen LogP contribution < -0.4 is 11.1 Å². The summed E-state index contributed by atoms with van der Waals surface area (Å²) >= 11 is 0. The minimum atomic E-state index is -0.902.